The van der Waals surface area contributed by atoms with Gasteiger partial charge >= 0.3 is 0 Å². The van der Waals surface area contributed by atoms with E-state index in [2.05, 4.69) is 10.5 Å². The number of hydrogen-bond donors (Lipinski definition) is 2. The van der Waals surface area contributed by atoms with E-state index in [-0.39, 0.29) is 5.75 Å². The molecule has 3 aromatic rings. The van der Waals surface area contributed by atoms with E-state index in [0.717, 1.165) is 28.0 Å². The largest absolute Gasteiger partial charge is 0.507 e. The summed E-state index contributed by atoms with van der Waals surface area (Å²) >= 11 is 7.91. The molecule has 0 unspecified atom stereocenters. The molecule has 0 aromatic heterocycles. The Kier molecular flexibility index (Phi) is 7.33. The summed E-state index contributed by atoms with van der Waals surface area (Å²) < 4.78 is 6.67. The summed E-state index contributed by atoms with van der Waals surface area (Å²) in [6.45, 7) is 4.38. The van der Waals surface area contributed by atoms with Gasteiger partial charge in [0.25, 0.3) is 5.91 Å². The molecule has 0 atom stereocenters. The first-order chi connectivity index (χ1) is 14.3. The number of aryl methyl sites for hydroxylation is 2. The van der Waals surface area contributed by atoms with Crippen LogP contribution < -0.4 is 10.2 Å². The van der Waals surface area contributed by atoms with Crippen LogP contribution in [0.2, 0.25) is 5.02 Å². The van der Waals surface area contributed by atoms with E-state index < -0.39 is 5.91 Å². The number of rotatable bonds is 6. The molecule has 0 aliphatic heterocycles. The molecule has 154 valence electrons. The summed E-state index contributed by atoms with van der Waals surface area (Å²) in [4.78, 5) is 12.2. The maximum Gasteiger partial charge on any atom is 0.271 e. The number of ether oxygens (including phenoxy) is 1. The van der Waals surface area contributed by atoms with Crippen molar-refractivity contribution in [1.82, 2.24) is 5.43 Å². The van der Waals surface area contributed by atoms with E-state index in [9.17, 15) is 9.90 Å². The monoisotopic (exact) mass is 534 g/mol. The number of hydrazone groups is 1. The van der Waals surface area contributed by atoms with Crippen molar-refractivity contribution in [2.75, 3.05) is 0 Å². The number of aromatic hydroxyl groups is 1. The van der Waals surface area contributed by atoms with Gasteiger partial charge in [0, 0.05) is 10.6 Å². The maximum atomic E-state index is 12.2. The Morgan fingerprint density at radius 2 is 1.80 bits per heavy atom. The number of amides is 1. The molecule has 2 N–H and O–H groups in total. The first kappa shape index (κ1) is 22.1. The highest BCUT2D eigenvalue weighted by molar-refractivity contribution is 14.1. The summed E-state index contributed by atoms with van der Waals surface area (Å²) in [5, 5.41) is 14.4. The molecular formula is C23H20ClIN2O3. The predicted octanol–water partition coefficient (Wildman–Crippen LogP) is 5.61. The van der Waals surface area contributed by atoms with Crippen molar-refractivity contribution in [1.29, 1.82) is 0 Å². The van der Waals surface area contributed by atoms with Crippen LogP contribution in [-0.4, -0.2) is 17.2 Å². The predicted molar refractivity (Wildman–Crippen MR) is 128 cm³/mol. The van der Waals surface area contributed by atoms with Crippen LogP contribution in [-0.2, 0) is 6.61 Å². The molecule has 3 rings (SSSR count). The van der Waals surface area contributed by atoms with Crippen molar-refractivity contribution in [3.8, 4) is 11.5 Å². The minimum absolute atomic E-state index is 0.0627. The molecule has 0 spiro atoms. The minimum Gasteiger partial charge on any atom is -0.507 e. The Balaban J connectivity index is 1.64. The van der Waals surface area contributed by atoms with Crippen LogP contribution >= 0.6 is 34.2 Å². The van der Waals surface area contributed by atoms with E-state index in [1.54, 1.807) is 18.3 Å². The second-order valence-corrected chi connectivity index (χ2v) is 8.36. The average molecular weight is 535 g/mol. The van der Waals surface area contributed by atoms with Crippen LogP contribution in [0.4, 0.5) is 0 Å². The van der Waals surface area contributed by atoms with Gasteiger partial charge < -0.3 is 9.84 Å². The van der Waals surface area contributed by atoms with Gasteiger partial charge in [-0.05, 0) is 101 Å². The smallest absolute Gasteiger partial charge is 0.271 e. The third kappa shape index (κ3) is 5.73. The number of carbonyl (C=O) groups excluding carboxylic acids is 1. The lowest BCUT2D eigenvalue weighted by Crippen LogP contribution is -2.17. The molecule has 5 nitrogen and oxygen atoms in total. The molecule has 0 aliphatic rings. The summed E-state index contributed by atoms with van der Waals surface area (Å²) in [7, 11) is 0. The first-order valence-corrected chi connectivity index (χ1v) is 10.6. The highest BCUT2D eigenvalue weighted by atomic mass is 127. The molecule has 0 aliphatic carbocycles. The van der Waals surface area contributed by atoms with Crippen LogP contribution in [0.15, 0.2) is 59.7 Å². The number of phenols is 1. The lowest BCUT2D eigenvalue weighted by atomic mass is 10.1. The van der Waals surface area contributed by atoms with Crippen LogP contribution in [0.5, 0.6) is 11.5 Å². The van der Waals surface area contributed by atoms with Crippen molar-refractivity contribution in [3.05, 3.63) is 91.0 Å². The van der Waals surface area contributed by atoms with Crippen molar-refractivity contribution < 1.29 is 14.6 Å². The fraction of sp³-hybridized carbons (Fsp3) is 0.130. The number of nitrogens with one attached hydrogen (secondary N) is 1. The van der Waals surface area contributed by atoms with E-state index in [0.29, 0.717) is 20.8 Å². The number of phenolic OH excluding ortho intramolecular Hbond substituents is 1. The highest BCUT2D eigenvalue weighted by Crippen LogP contribution is 2.25. The SMILES string of the molecule is Cc1cc(/C=N\NC(=O)c2ccc(I)c(O)c2)cc(C)c1OCc1ccc(Cl)cc1. The zero-order valence-electron chi connectivity index (χ0n) is 16.4. The minimum atomic E-state index is -0.394. The third-order valence-electron chi connectivity index (χ3n) is 4.37. The molecule has 3 aromatic carbocycles. The summed E-state index contributed by atoms with van der Waals surface area (Å²) in [5.74, 6) is 0.488. The molecule has 1 amide bonds. The molecular weight excluding hydrogens is 515 g/mol. The normalized spacial score (nSPS) is 10.9. The number of hydrogen-bond acceptors (Lipinski definition) is 4. The van der Waals surface area contributed by atoms with Gasteiger partial charge in [0.05, 0.1) is 9.78 Å². The van der Waals surface area contributed by atoms with Crippen LogP contribution in [0, 0.1) is 17.4 Å². The Hall–Kier alpha value is -2.58. The molecule has 0 saturated carbocycles. The van der Waals surface area contributed by atoms with Gasteiger partial charge in [-0.2, -0.15) is 5.10 Å². The van der Waals surface area contributed by atoms with Crippen LogP contribution in [0.1, 0.15) is 32.6 Å². The number of carbonyl (C=O) groups is 1. The standard InChI is InChI=1S/C23H20ClIN2O3/c1-14-9-17(12-26-27-23(29)18-5-8-20(25)21(28)11-18)10-15(2)22(14)30-13-16-3-6-19(24)7-4-16/h3-12,28H,13H2,1-2H3,(H,27,29)/b26-12-. The molecule has 30 heavy (non-hydrogen) atoms. The molecule has 0 fully saturated rings. The second-order valence-electron chi connectivity index (χ2n) is 6.76. The van der Waals surface area contributed by atoms with Crippen molar-refractivity contribution in [3.63, 3.8) is 0 Å². The van der Waals surface area contributed by atoms with Gasteiger partial charge in [-0.1, -0.05) is 23.7 Å². The quantitative estimate of drug-likeness (QED) is 0.245. The number of benzene rings is 3. The first-order valence-electron chi connectivity index (χ1n) is 9.14. The lowest BCUT2D eigenvalue weighted by Gasteiger charge is -2.13. The van der Waals surface area contributed by atoms with Gasteiger partial charge in [0.2, 0.25) is 0 Å². The Labute approximate surface area is 193 Å². The van der Waals surface area contributed by atoms with Crippen LogP contribution in [0.3, 0.4) is 0 Å². The lowest BCUT2D eigenvalue weighted by molar-refractivity contribution is 0.0954. The number of halogens is 2. The summed E-state index contributed by atoms with van der Waals surface area (Å²) in [6.07, 6.45) is 1.58. The zero-order chi connectivity index (χ0) is 21.7. The van der Waals surface area contributed by atoms with Crippen LogP contribution in [0.25, 0.3) is 0 Å². The zero-order valence-corrected chi connectivity index (χ0v) is 19.4. The number of nitrogens with zero attached hydrogens (tertiary/aromatic N) is 1. The third-order valence-corrected chi connectivity index (χ3v) is 5.53. The molecule has 7 heteroatoms. The summed E-state index contributed by atoms with van der Waals surface area (Å²) in [6, 6.07) is 16.1. The second kappa shape index (κ2) is 9.95. The molecule has 0 radical (unpaired) electrons. The van der Waals surface area contributed by atoms with Gasteiger partial charge in [-0.3, -0.25) is 4.79 Å². The Bertz CT molecular complexity index is 1080. The summed E-state index contributed by atoms with van der Waals surface area (Å²) in [5.41, 5.74) is 6.63. The average Bonchev–Trinajstić information content (AvgIpc) is 2.70. The molecule has 0 saturated heterocycles. The van der Waals surface area contributed by atoms with E-state index in [4.69, 9.17) is 16.3 Å². The van der Waals surface area contributed by atoms with E-state index in [1.807, 2.05) is 72.8 Å². The van der Waals surface area contributed by atoms with Crippen molar-refractivity contribution >= 4 is 46.3 Å². The highest BCUT2D eigenvalue weighted by Gasteiger charge is 2.08. The van der Waals surface area contributed by atoms with Gasteiger partial charge in [0.1, 0.15) is 18.1 Å². The molecule has 0 heterocycles. The van der Waals surface area contributed by atoms with Crippen molar-refractivity contribution in [2.24, 2.45) is 5.10 Å². The van der Waals surface area contributed by atoms with Gasteiger partial charge in [-0.25, -0.2) is 5.43 Å². The maximum absolute atomic E-state index is 12.2. The van der Waals surface area contributed by atoms with E-state index in [1.165, 1.54) is 6.07 Å². The van der Waals surface area contributed by atoms with E-state index >= 15 is 0 Å². The Morgan fingerprint density at radius 1 is 1.13 bits per heavy atom. The topological polar surface area (TPSA) is 70.9 Å². The van der Waals surface area contributed by atoms with Gasteiger partial charge in [0.15, 0.2) is 0 Å². The fourth-order valence-corrected chi connectivity index (χ4v) is 3.37. The van der Waals surface area contributed by atoms with Gasteiger partial charge in [-0.15, -0.1) is 0 Å². The van der Waals surface area contributed by atoms with Crippen molar-refractivity contribution in [2.45, 2.75) is 20.5 Å². The Morgan fingerprint density at radius 3 is 2.43 bits per heavy atom. The molecule has 0 bridgehead atoms. The fourth-order valence-electron chi connectivity index (χ4n) is 2.91.